The molecule has 2 atom stereocenters. The molecule has 1 saturated heterocycles. The van der Waals surface area contributed by atoms with Gasteiger partial charge in [0.05, 0.1) is 0 Å². The van der Waals surface area contributed by atoms with Gasteiger partial charge in [-0.25, -0.2) is 9.18 Å². The van der Waals surface area contributed by atoms with Crippen LogP contribution in [-0.2, 0) is 19.1 Å². The molecule has 29 heavy (non-hydrogen) atoms. The number of hydrogen-bond acceptors (Lipinski definition) is 5. The Labute approximate surface area is 165 Å². The summed E-state index contributed by atoms with van der Waals surface area (Å²) in [5, 5.41) is 7.04. The number of carbonyl (C=O) groups excluding carboxylic acids is 4. The minimum Gasteiger partial charge on any atom is -0.447 e. The molecule has 0 spiro atoms. The number of rotatable bonds is 7. The second-order valence-electron chi connectivity index (χ2n) is 6.33. The lowest BCUT2D eigenvalue weighted by atomic mass is 10.1. The van der Waals surface area contributed by atoms with Crippen LogP contribution >= 0.6 is 0 Å². The maximum Gasteiger partial charge on any atom is 0.322 e. The van der Waals surface area contributed by atoms with Crippen LogP contribution in [0.2, 0.25) is 0 Å². The van der Waals surface area contributed by atoms with E-state index in [1.807, 2.05) is 0 Å². The molecule has 1 aliphatic heterocycles. The Morgan fingerprint density at radius 1 is 1.07 bits per heavy atom. The van der Waals surface area contributed by atoms with Crippen LogP contribution in [0.3, 0.4) is 0 Å². The summed E-state index contributed by atoms with van der Waals surface area (Å²) in [6, 6.07) is 12.1. The van der Waals surface area contributed by atoms with Gasteiger partial charge in [-0.2, -0.15) is 0 Å². The predicted octanol–water partition coefficient (Wildman–Crippen LogP) is 2.04. The quantitative estimate of drug-likeness (QED) is 0.487. The topological polar surface area (TPSA) is 114 Å². The van der Waals surface area contributed by atoms with E-state index < -0.39 is 41.8 Å². The summed E-state index contributed by atoms with van der Waals surface area (Å²) >= 11 is 0. The Morgan fingerprint density at radius 2 is 1.76 bits per heavy atom. The highest BCUT2D eigenvalue weighted by Crippen LogP contribution is 2.21. The molecular formula is C20H18FN3O5. The first-order valence-corrected chi connectivity index (χ1v) is 8.84. The monoisotopic (exact) mass is 399 g/mol. The Balaban J connectivity index is 1.66. The predicted molar refractivity (Wildman–Crippen MR) is 100 cm³/mol. The third-order valence-corrected chi connectivity index (χ3v) is 4.20. The average Bonchev–Trinajstić information content (AvgIpc) is 3.04. The second kappa shape index (κ2) is 8.96. The molecule has 8 nitrogen and oxygen atoms in total. The molecule has 3 N–H and O–H groups in total. The van der Waals surface area contributed by atoms with Gasteiger partial charge < -0.3 is 15.4 Å². The molecule has 0 bridgehead atoms. The molecule has 0 aliphatic carbocycles. The number of esters is 1. The molecule has 1 heterocycles. The van der Waals surface area contributed by atoms with E-state index in [-0.39, 0.29) is 12.8 Å². The van der Waals surface area contributed by atoms with E-state index in [1.165, 1.54) is 24.3 Å². The number of benzene rings is 2. The molecule has 0 radical (unpaired) electrons. The third-order valence-electron chi connectivity index (χ3n) is 4.20. The van der Waals surface area contributed by atoms with Crippen LogP contribution in [0.5, 0.6) is 0 Å². The summed E-state index contributed by atoms with van der Waals surface area (Å²) in [6.45, 7) is 0. The lowest BCUT2D eigenvalue weighted by Crippen LogP contribution is -2.30. The maximum atomic E-state index is 13.0. The molecule has 0 unspecified atom stereocenters. The van der Waals surface area contributed by atoms with E-state index in [4.69, 9.17) is 4.74 Å². The zero-order chi connectivity index (χ0) is 20.8. The molecule has 9 heteroatoms. The van der Waals surface area contributed by atoms with E-state index >= 15 is 0 Å². The summed E-state index contributed by atoms with van der Waals surface area (Å²) in [5.41, 5.74) is 0.797. The van der Waals surface area contributed by atoms with Crippen molar-refractivity contribution in [2.75, 3.05) is 5.32 Å². The van der Waals surface area contributed by atoms with E-state index in [2.05, 4.69) is 16.0 Å². The van der Waals surface area contributed by atoms with Crippen molar-refractivity contribution in [2.24, 2.45) is 0 Å². The summed E-state index contributed by atoms with van der Waals surface area (Å²) in [7, 11) is 0. The van der Waals surface area contributed by atoms with Gasteiger partial charge in [-0.1, -0.05) is 30.3 Å². The maximum absolute atomic E-state index is 13.0. The molecule has 2 aromatic rings. The molecule has 0 saturated carbocycles. The number of imide groups is 1. The van der Waals surface area contributed by atoms with Gasteiger partial charge >= 0.3 is 12.0 Å². The van der Waals surface area contributed by atoms with Gasteiger partial charge in [-0.15, -0.1) is 0 Å². The summed E-state index contributed by atoms with van der Waals surface area (Å²) < 4.78 is 18.4. The van der Waals surface area contributed by atoms with Crippen LogP contribution in [-0.4, -0.2) is 29.9 Å². The van der Waals surface area contributed by atoms with Crippen LogP contribution in [0, 0.1) is 5.82 Å². The van der Waals surface area contributed by atoms with Gasteiger partial charge in [0, 0.05) is 17.7 Å². The van der Waals surface area contributed by atoms with Crippen molar-refractivity contribution < 1.29 is 28.3 Å². The number of nitrogens with one attached hydrogen (secondary N) is 3. The Morgan fingerprint density at radius 3 is 2.38 bits per heavy atom. The number of anilines is 1. The van der Waals surface area contributed by atoms with Gasteiger partial charge in [-0.3, -0.25) is 19.7 Å². The zero-order valence-corrected chi connectivity index (χ0v) is 15.2. The van der Waals surface area contributed by atoms with Crippen LogP contribution < -0.4 is 16.0 Å². The fraction of sp³-hybridized carbons (Fsp3) is 0.200. The van der Waals surface area contributed by atoms with Crippen molar-refractivity contribution in [2.45, 2.75) is 25.0 Å². The van der Waals surface area contributed by atoms with E-state index in [1.54, 1.807) is 30.3 Å². The summed E-state index contributed by atoms with van der Waals surface area (Å²) in [6.07, 6.45) is -1.37. The number of amides is 4. The average molecular weight is 399 g/mol. The van der Waals surface area contributed by atoms with Gasteiger partial charge in [0.25, 0.3) is 11.8 Å². The molecule has 1 fully saturated rings. The highest BCUT2D eigenvalue weighted by molar-refractivity contribution is 6.04. The van der Waals surface area contributed by atoms with Crippen molar-refractivity contribution in [3.63, 3.8) is 0 Å². The number of halogens is 1. The Bertz CT molecular complexity index is 917. The standard InChI is InChI=1S/C20H18FN3O5/c21-13-6-8-14(9-7-13)22-19(27)17(12-4-2-1-3-5-12)29-16(25)11-10-15-18(26)24-20(28)23-15/h1-9,15,17H,10-11H2,(H,22,27)(H2,23,24,26,28)/t15-,17+/m0/s1. The van der Waals surface area contributed by atoms with Crippen LogP contribution in [0.1, 0.15) is 24.5 Å². The smallest absolute Gasteiger partial charge is 0.322 e. The molecule has 1 aliphatic rings. The Kier molecular flexibility index (Phi) is 6.18. The van der Waals surface area contributed by atoms with E-state index in [9.17, 15) is 23.6 Å². The SMILES string of the molecule is O=C1NC(=O)[C@H](CCC(=O)O[C@@H](C(=O)Nc2ccc(F)cc2)c2ccccc2)N1. The number of ether oxygens (including phenoxy) is 1. The van der Waals surface area contributed by atoms with Gasteiger partial charge in [0.2, 0.25) is 6.10 Å². The van der Waals surface area contributed by atoms with Crippen LogP contribution in [0.25, 0.3) is 0 Å². The van der Waals surface area contributed by atoms with Crippen molar-refractivity contribution in [3.8, 4) is 0 Å². The lowest BCUT2D eigenvalue weighted by molar-refractivity contribution is -0.155. The number of hydrogen-bond donors (Lipinski definition) is 3. The summed E-state index contributed by atoms with van der Waals surface area (Å²) in [4.78, 5) is 47.6. The molecule has 4 amide bonds. The molecule has 3 rings (SSSR count). The number of carbonyl (C=O) groups is 4. The van der Waals surface area contributed by atoms with Crippen LogP contribution in [0.4, 0.5) is 14.9 Å². The van der Waals surface area contributed by atoms with Crippen LogP contribution in [0.15, 0.2) is 54.6 Å². The van der Waals surface area contributed by atoms with Gasteiger partial charge in [0.15, 0.2) is 0 Å². The number of urea groups is 1. The zero-order valence-electron chi connectivity index (χ0n) is 15.2. The molecule has 0 aromatic heterocycles. The molecular weight excluding hydrogens is 381 g/mol. The van der Waals surface area contributed by atoms with Crippen molar-refractivity contribution in [1.82, 2.24) is 10.6 Å². The van der Waals surface area contributed by atoms with Crippen molar-refractivity contribution in [1.29, 1.82) is 0 Å². The third kappa shape index (κ3) is 5.38. The fourth-order valence-electron chi connectivity index (χ4n) is 2.76. The fourth-order valence-corrected chi connectivity index (χ4v) is 2.76. The highest BCUT2D eigenvalue weighted by Gasteiger charge is 2.31. The molecule has 150 valence electrons. The largest absolute Gasteiger partial charge is 0.447 e. The minimum atomic E-state index is -1.24. The second-order valence-corrected chi connectivity index (χ2v) is 6.33. The first kappa shape index (κ1) is 20.0. The van der Waals surface area contributed by atoms with Crippen molar-refractivity contribution >= 4 is 29.5 Å². The van der Waals surface area contributed by atoms with Gasteiger partial charge in [0.1, 0.15) is 11.9 Å². The first-order chi connectivity index (χ1) is 13.9. The Hall–Kier alpha value is -3.75. The van der Waals surface area contributed by atoms with E-state index in [0.717, 1.165) is 0 Å². The molecule has 2 aromatic carbocycles. The summed E-state index contributed by atoms with van der Waals surface area (Å²) in [5.74, 6) is -2.28. The van der Waals surface area contributed by atoms with E-state index in [0.29, 0.717) is 11.3 Å². The van der Waals surface area contributed by atoms with Crippen molar-refractivity contribution in [3.05, 3.63) is 66.0 Å². The first-order valence-electron chi connectivity index (χ1n) is 8.84. The van der Waals surface area contributed by atoms with Gasteiger partial charge in [-0.05, 0) is 30.7 Å². The highest BCUT2D eigenvalue weighted by atomic mass is 19.1. The minimum absolute atomic E-state index is 0.0392. The lowest BCUT2D eigenvalue weighted by Gasteiger charge is -2.18. The normalized spacial score (nSPS) is 16.5.